The van der Waals surface area contributed by atoms with Crippen molar-refractivity contribution in [1.29, 1.82) is 0 Å². The van der Waals surface area contributed by atoms with Gasteiger partial charge in [0.25, 0.3) is 0 Å². The molecular formula is C21H29N5O4S. The first-order chi connectivity index (χ1) is 14.7. The van der Waals surface area contributed by atoms with Gasteiger partial charge >= 0.3 is 6.09 Å². The molecule has 168 valence electrons. The van der Waals surface area contributed by atoms with Crippen LogP contribution in [0.4, 0.5) is 22.0 Å². The van der Waals surface area contributed by atoms with E-state index < -0.39 is 10.0 Å². The van der Waals surface area contributed by atoms with Gasteiger partial charge < -0.3 is 15.4 Å². The molecule has 1 saturated carbocycles. The van der Waals surface area contributed by atoms with Gasteiger partial charge in [-0.2, -0.15) is 5.10 Å². The molecule has 2 heterocycles. The van der Waals surface area contributed by atoms with Crippen LogP contribution < -0.4 is 14.9 Å². The predicted molar refractivity (Wildman–Crippen MR) is 119 cm³/mol. The van der Waals surface area contributed by atoms with E-state index in [1.54, 1.807) is 7.05 Å². The molecule has 1 unspecified atom stereocenters. The van der Waals surface area contributed by atoms with Crippen molar-refractivity contribution in [2.45, 2.75) is 57.6 Å². The highest BCUT2D eigenvalue weighted by Crippen LogP contribution is 2.36. The van der Waals surface area contributed by atoms with Crippen LogP contribution in [0.1, 0.15) is 50.3 Å². The zero-order valence-corrected chi connectivity index (χ0v) is 18.8. The van der Waals surface area contributed by atoms with Crippen LogP contribution in [-0.2, 0) is 21.2 Å². The smallest absolute Gasteiger partial charge is 0.407 e. The maximum Gasteiger partial charge on any atom is 0.407 e. The zero-order chi connectivity index (χ0) is 22.2. The number of sulfonamides is 1. The average Bonchev–Trinajstić information content (AvgIpc) is 3.34. The number of amides is 1. The van der Waals surface area contributed by atoms with Gasteiger partial charge in [-0.1, -0.05) is 0 Å². The second-order valence-corrected chi connectivity index (χ2v) is 10.7. The molecule has 2 aromatic rings. The second-order valence-electron chi connectivity index (χ2n) is 8.55. The molecule has 1 aromatic heterocycles. The fourth-order valence-corrected chi connectivity index (χ4v) is 5.43. The van der Waals surface area contributed by atoms with Crippen molar-refractivity contribution in [2.24, 2.45) is 0 Å². The molecule has 0 spiro atoms. The molecule has 1 fully saturated rings. The van der Waals surface area contributed by atoms with Crippen molar-refractivity contribution in [2.75, 3.05) is 22.4 Å². The lowest BCUT2D eigenvalue weighted by Gasteiger charge is -2.27. The summed E-state index contributed by atoms with van der Waals surface area (Å²) in [5.41, 5.74) is 3.59. The van der Waals surface area contributed by atoms with Gasteiger partial charge in [0, 0.05) is 36.5 Å². The molecule has 1 aromatic carbocycles. The Morgan fingerprint density at radius 3 is 2.87 bits per heavy atom. The third-order valence-electron chi connectivity index (χ3n) is 5.84. The van der Waals surface area contributed by atoms with E-state index >= 15 is 0 Å². The summed E-state index contributed by atoms with van der Waals surface area (Å²) in [4.78, 5) is 11.8. The number of carbonyl (C=O) groups is 1. The fraction of sp³-hybridized carbons (Fsp3) is 0.524. The number of fused-ring (bicyclic) bond motifs is 1. The van der Waals surface area contributed by atoms with E-state index in [-0.39, 0.29) is 29.9 Å². The van der Waals surface area contributed by atoms with E-state index in [0.717, 1.165) is 41.9 Å². The summed E-state index contributed by atoms with van der Waals surface area (Å²) in [6.07, 6.45) is 2.58. The molecule has 0 radical (unpaired) electrons. The Kier molecular flexibility index (Phi) is 5.83. The first-order valence-corrected chi connectivity index (χ1v) is 12.2. The molecule has 9 nitrogen and oxygen atoms in total. The topological polar surface area (TPSA) is 116 Å². The number of hydrogen-bond acceptors (Lipinski definition) is 6. The van der Waals surface area contributed by atoms with E-state index in [1.807, 2.05) is 38.1 Å². The third-order valence-corrected chi connectivity index (χ3v) is 7.59. The normalized spacial score (nSPS) is 22.3. The quantitative estimate of drug-likeness (QED) is 0.648. The van der Waals surface area contributed by atoms with E-state index in [9.17, 15) is 13.2 Å². The number of hydrogen-bond donors (Lipinski definition) is 3. The molecule has 2 atom stereocenters. The number of alkyl carbamates (subject to hydrolysis) is 1. The lowest BCUT2D eigenvalue weighted by molar-refractivity contribution is 0.0981. The lowest BCUT2D eigenvalue weighted by Crippen LogP contribution is -2.34. The summed E-state index contributed by atoms with van der Waals surface area (Å²) in [5, 5.41) is 13.5. The van der Waals surface area contributed by atoms with Gasteiger partial charge in [-0.25, -0.2) is 13.2 Å². The number of aryl methyl sites for hydroxylation is 1. The zero-order valence-electron chi connectivity index (χ0n) is 18.0. The summed E-state index contributed by atoms with van der Waals surface area (Å²) >= 11 is 0. The highest BCUT2D eigenvalue weighted by Gasteiger charge is 2.30. The first kappa shape index (κ1) is 21.5. The van der Waals surface area contributed by atoms with Gasteiger partial charge in [0.05, 0.1) is 11.4 Å². The van der Waals surface area contributed by atoms with Crippen LogP contribution in [0.25, 0.3) is 0 Å². The summed E-state index contributed by atoms with van der Waals surface area (Å²) < 4.78 is 30.9. The molecular weight excluding hydrogens is 418 g/mol. The van der Waals surface area contributed by atoms with Crippen LogP contribution in [0.2, 0.25) is 0 Å². The summed E-state index contributed by atoms with van der Waals surface area (Å²) in [6.45, 7) is 3.81. The number of anilines is 3. The van der Waals surface area contributed by atoms with Crippen LogP contribution in [-0.4, -0.2) is 49.7 Å². The van der Waals surface area contributed by atoms with Gasteiger partial charge in [-0.15, -0.1) is 0 Å². The Morgan fingerprint density at radius 1 is 1.29 bits per heavy atom. The first-order valence-electron chi connectivity index (χ1n) is 10.6. The van der Waals surface area contributed by atoms with E-state index in [0.29, 0.717) is 12.2 Å². The van der Waals surface area contributed by atoms with Crippen molar-refractivity contribution in [3.63, 3.8) is 0 Å². The molecule has 0 bridgehead atoms. The van der Waals surface area contributed by atoms with Crippen LogP contribution in [0, 0.1) is 0 Å². The molecule has 1 amide bonds. The highest BCUT2D eigenvalue weighted by molar-refractivity contribution is 7.92. The van der Waals surface area contributed by atoms with Crippen LogP contribution in [0.5, 0.6) is 0 Å². The minimum Gasteiger partial charge on any atom is -0.446 e. The number of carbonyl (C=O) groups excluding carboxylic acids is 1. The fourth-order valence-electron chi connectivity index (χ4n) is 4.20. The number of nitrogens with one attached hydrogen (secondary N) is 3. The number of nitrogens with zero attached hydrogens (tertiary/aromatic N) is 2. The van der Waals surface area contributed by atoms with Crippen molar-refractivity contribution in [3.05, 3.63) is 35.5 Å². The Balaban J connectivity index is 1.37. The number of aromatic amines is 1. The molecule has 1 aliphatic heterocycles. The number of rotatable bonds is 5. The molecule has 0 saturated heterocycles. The predicted octanol–water partition coefficient (Wildman–Crippen LogP) is 3.25. The van der Waals surface area contributed by atoms with Crippen molar-refractivity contribution < 1.29 is 17.9 Å². The molecule has 4 rings (SSSR count). The number of aromatic nitrogens is 2. The van der Waals surface area contributed by atoms with E-state index in [4.69, 9.17) is 4.74 Å². The van der Waals surface area contributed by atoms with Gasteiger partial charge in [0.1, 0.15) is 6.10 Å². The van der Waals surface area contributed by atoms with Crippen LogP contribution in [0.3, 0.4) is 0 Å². The van der Waals surface area contributed by atoms with E-state index in [1.165, 1.54) is 4.31 Å². The van der Waals surface area contributed by atoms with Crippen molar-refractivity contribution in [1.82, 2.24) is 15.5 Å². The monoisotopic (exact) mass is 447 g/mol. The Labute approximate surface area is 182 Å². The summed E-state index contributed by atoms with van der Waals surface area (Å²) in [7, 11) is -1.62. The van der Waals surface area contributed by atoms with Gasteiger partial charge in [-0.3, -0.25) is 9.40 Å². The Bertz CT molecular complexity index is 1070. The molecule has 2 aliphatic rings. The molecule has 31 heavy (non-hydrogen) atoms. The summed E-state index contributed by atoms with van der Waals surface area (Å²) in [5.74, 6) is 1.09. The second kappa shape index (κ2) is 8.41. The maximum absolute atomic E-state index is 12.0. The van der Waals surface area contributed by atoms with Crippen LogP contribution >= 0.6 is 0 Å². The molecule has 10 heteroatoms. The maximum atomic E-state index is 12.0. The largest absolute Gasteiger partial charge is 0.446 e. The average molecular weight is 448 g/mol. The third kappa shape index (κ3) is 4.79. The highest BCUT2D eigenvalue weighted by atomic mass is 32.2. The van der Waals surface area contributed by atoms with Gasteiger partial charge in [0.2, 0.25) is 10.0 Å². The van der Waals surface area contributed by atoms with Crippen LogP contribution in [0.15, 0.2) is 24.3 Å². The van der Waals surface area contributed by atoms with Gasteiger partial charge in [-0.05, 0) is 63.3 Å². The van der Waals surface area contributed by atoms with Crippen molar-refractivity contribution >= 4 is 33.3 Å². The SMILES string of the molecule is CC(C)NC(=O)OC1CC[C@H](c2cc(Nc3ccc4c(c3)CCS(=O)(=O)N4C)n[nH]2)C1. The number of H-pyrrole nitrogens is 1. The lowest BCUT2D eigenvalue weighted by atomic mass is 10.0. The molecule has 1 aliphatic carbocycles. The minimum atomic E-state index is -3.21. The Morgan fingerprint density at radius 2 is 2.10 bits per heavy atom. The van der Waals surface area contributed by atoms with Crippen molar-refractivity contribution in [3.8, 4) is 0 Å². The minimum absolute atomic E-state index is 0.0549. The van der Waals surface area contributed by atoms with E-state index in [2.05, 4.69) is 20.8 Å². The Hall–Kier alpha value is -2.75. The molecule has 3 N–H and O–H groups in total. The standard InChI is InChI=1S/C21H29N5O4S/c1-13(2)22-21(27)30-17-6-4-14(11-17)18-12-20(25-24-18)23-16-5-7-19-15(10-16)8-9-31(28,29)26(19)3/h5,7,10,12-14,17H,4,6,8-9,11H2,1-3H3,(H,22,27)(H2,23,24,25)/t14-,17?/m0/s1. The van der Waals surface area contributed by atoms with Gasteiger partial charge in [0.15, 0.2) is 5.82 Å². The summed E-state index contributed by atoms with van der Waals surface area (Å²) in [6, 6.07) is 7.69. The number of benzene rings is 1. The number of ether oxygens (including phenoxy) is 1.